The van der Waals surface area contributed by atoms with E-state index in [0.717, 1.165) is 6.54 Å². The van der Waals surface area contributed by atoms with Gasteiger partial charge in [0.25, 0.3) is 0 Å². The van der Waals surface area contributed by atoms with Crippen molar-refractivity contribution < 1.29 is 0 Å². The molecule has 0 spiro atoms. The number of hydrogen-bond acceptors (Lipinski definition) is 3. The lowest BCUT2D eigenvalue weighted by Crippen LogP contribution is -2.25. The molecule has 1 aliphatic carbocycles. The molecule has 0 radical (unpaired) electrons. The fraction of sp³-hybridized carbons (Fsp3) is 0.471. The molecular formula is C17H22N2S. The summed E-state index contributed by atoms with van der Waals surface area (Å²) in [7, 11) is 0. The summed E-state index contributed by atoms with van der Waals surface area (Å²) in [6.07, 6.45) is 4.89. The molecule has 0 bridgehead atoms. The van der Waals surface area contributed by atoms with Gasteiger partial charge in [0.2, 0.25) is 0 Å². The van der Waals surface area contributed by atoms with E-state index in [-0.39, 0.29) is 0 Å². The van der Waals surface area contributed by atoms with E-state index < -0.39 is 0 Å². The van der Waals surface area contributed by atoms with Crippen LogP contribution < -0.4 is 5.32 Å². The second kappa shape index (κ2) is 6.06. The van der Waals surface area contributed by atoms with Crippen LogP contribution >= 0.6 is 11.3 Å². The SMILES string of the molecule is CCCNC1CCCc2sc(-c3ccccc3C)nc21. The third-order valence-corrected chi connectivity index (χ3v) is 5.13. The maximum absolute atomic E-state index is 4.97. The van der Waals surface area contributed by atoms with Gasteiger partial charge in [0.1, 0.15) is 5.01 Å². The lowest BCUT2D eigenvalue weighted by Gasteiger charge is -2.22. The predicted octanol–water partition coefficient (Wildman–Crippen LogP) is 4.50. The van der Waals surface area contributed by atoms with Crippen LogP contribution in [0.15, 0.2) is 24.3 Å². The third-order valence-electron chi connectivity index (χ3n) is 3.97. The lowest BCUT2D eigenvalue weighted by atomic mass is 9.97. The number of nitrogens with zero attached hydrogens (tertiary/aromatic N) is 1. The van der Waals surface area contributed by atoms with Crippen LogP contribution in [0.5, 0.6) is 0 Å². The van der Waals surface area contributed by atoms with Crippen molar-refractivity contribution in [2.24, 2.45) is 0 Å². The van der Waals surface area contributed by atoms with Gasteiger partial charge in [0.05, 0.1) is 11.7 Å². The molecule has 2 nitrogen and oxygen atoms in total. The molecule has 1 unspecified atom stereocenters. The van der Waals surface area contributed by atoms with Crippen LogP contribution in [0.4, 0.5) is 0 Å². The van der Waals surface area contributed by atoms with Crippen molar-refractivity contribution in [1.29, 1.82) is 0 Å². The summed E-state index contributed by atoms with van der Waals surface area (Å²) in [5.74, 6) is 0. The molecule has 1 atom stereocenters. The van der Waals surface area contributed by atoms with Crippen molar-refractivity contribution >= 4 is 11.3 Å². The van der Waals surface area contributed by atoms with Crippen LogP contribution in [0, 0.1) is 6.92 Å². The molecule has 0 aliphatic heterocycles. The minimum atomic E-state index is 0.465. The predicted molar refractivity (Wildman–Crippen MR) is 86.3 cm³/mol. The van der Waals surface area contributed by atoms with Crippen LogP contribution in [0.3, 0.4) is 0 Å². The molecule has 0 amide bonds. The Morgan fingerprint density at radius 3 is 3.00 bits per heavy atom. The van der Waals surface area contributed by atoms with Gasteiger partial charge in [-0.3, -0.25) is 0 Å². The van der Waals surface area contributed by atoms with E-state index in [4.69, 9.17) is 4.98 Å². The average Bonchev–Trinajstić information content (AvgIpc) is 2.89. The zero-order chi connectivity index (χ0) is 13.9. The van der Waals surface area contributed by atoms with Gasteiger partial charge in [0.15, 0.2) is 0 Å². The highest BCUT2D eigenvalue weighted by Crippen LogP contribution is 2.37. The van der Waals surface area contributed by atoms with Gasteiger partial charge in [0, 0.05) is 10.4 Å². The number of aromatic nitrogens is 1. The maximum atomic E-state index is 4.97. The van der Waals surface area contributed by atoms with Gasteiger partial charge in [-0.25, -0.2) is 4.98 Å². The molecule has 1 aromatic carbocycles. The fourth-order valence-electron chi connectivity index (χ4n) is 2.86. The van der Waals surface area contributed by atoms with Crippen molar-refractivity contribution in [3.8, 4) is 10.6 Å². The smallest absolute Gasteiger partial charge is 0.124 e. The van der Waals surface area contributed by atoms with Crippen molar-refractivity contribution in [2.45, 2.75) is 45.6 Å². The van der Waals surface area contributed by atoms with Crippen molar-refractivity contribution in [2.75, 3.05) is 6.54 Å². The minimum absolute atomic E-state index is 0.465. The first-order valence-corrected chi connectivity index (χ1v) is 8.40. The van der Waals surface area contributed by atoms with Crippen LogP contribution in [0.1, 0.15) is 48.4 Å². The first kappa shape index (κ1) is 13.8. The van der Waals surface area contributed by atoms with Crippen molar-refractivity contribution in [3.05, 3.63) is 40.4 Å². The van der Waals surface area contributed by atoms with Gasteiger partial charge in [-0.05, 0) is 44.7 Å². The molecule has 1 heterocycles. The summed E-state index contributed by atoms with van der Waals surface area (Å²) in [5, 5.41) is 4.84. The first-order chi connectivity index (χ1) is 9.79. The van der Waals surface area contributed by atoms with Crippen molar-refractivity contribution in [1.82, 2.24) is 10.3 Å². The molecule has 0 fully saturated rings. The highest BCUT2D eigenvalue weighted by Gasteiger charge is 2.24. The summed E-state index contributed by atoms with van der Waals surface area (Å²) in [4.78, 5) is 6.46. The van der Waals surface area contributed by atoms with Gasteiger partial charge in [-0.1, -0.05) is 31.2 Å². The Hall–Kier alpha value is -1.19. The molecule has 20 heavy (non-hydrogen) atoms. The molecule has 106 valence electrons. The van der Waals surface area contributed by atoms with E-state index in [1.54, 1.807) is 0 Å². The zero-order valence-corrected chi connectivity index (χ0v) is 13.1. The Morgan fingerprint density at radius 1 is 1.35 bits per heavy atom. The van der Waals surface area contributed by atoms with Crippen LogP contribution in [-0.2, 0) is 6.42 Å². The number of aryl methyl sites for hydroxylation is 2. The van der Waals surface area contributed by atoms with E-state index in [0.29, 0.717) is 6.04 Å². The summed E-state index contributed by atoms with van der Waals surface area (Å²) in [5.41, 5.74) is 3.92. The molecule has 1 N–H and O–H groups in total. The Labute approximate surface area is 125 Å². The Kier molecular flexibility index (Phi) is 4.18. The number of thiazole rings is 1. The van der Waals surface area contributed by atoms with E-state index in [9.17, 15) is 0 Å². The molecule has 3 rings (SSSR count). The standard InChI is InChI=1S/C17H22N2S/c1-3-11-18-14-9-6-10-15-16(14)19-17(20-15)13-8-5-4-7-12(13)2/h4-5,7-8,14,18H,3,6,9-11H2,1-2H3. The monoisotopic (exact) mass is 286 g/mol. The van der Waals surface area contributed by atoms with Crippen molar-refractivity contribution in [3.63, 3.8) is 0 Å². The van der Waals surface area contributed by atoms with Gasteiger partial charge in [-0.2, -0.15) is 0 Å². The molecule has 1 aromatic heterocycles. The van der Waals surface area contributed by atoms with Crippen LogP contribution in [0.2, 0.25) is 0 Å². The van der Waals surface area contributed by atoms with E-state index in [1.165, 1.54) is 52.4 Å². The second-order valence-corrected chi connectivity index (χ2v) is 6.62. The first-order valence-electron chi connectivity index (χ1n) is 7.58. The quantitative estimate of drug-likeness (QED) is 0.895. The average molecular weight is 286 g/mol. The number of nitrogens with one attached hydrogen (secondary N) is 1. The minimum Gasteiger partial charge on any atom is -0.309 e. The number of benzene rings is 1. The van der Waals surface area contributed by atoms with Gasteiger partial charge in [-0.15, -0.1) is 11.3 Å². The van der Waals surface area contributed by atoms with Gasteiger partial charge >= 0.3 is 0 Å². The van der Waals surface area contributed by atoms with E-state index >= 15 is 0 Å². The van der Waals surface area contributed by atoms with E-state index in [2.05, 4.69) is 43.4 Å². The molecule has 3 heteroatoms. The largest absolute Gasteiger partial charge is 0.309 e. The Morgan fingerprint density at radius 2 is 2.20 bits per heavy atom. The number of rotatable bonds is 4. The summed E-state index contributed by atoms with van der Waals surface area (Å²) < 4.78 is 0. The zero-order valence-electron chi connectivity index (χ0n) is 12.3. The molecule has 0 saturated carbocycles. The highest BCUT2D eigenvalue weighted by molar-refractivity contribution is 7.15. The Bertz CT molecular complexity index is 588. The second-order valence-electron chi connectivity index (χ2n) is 5.54. The number of hydrogen-bond donors (Lipinski definition) is 1. The molecule has 2 aromatic rings. The summed E-state index contributed by atoms with van der Waals surface area (Å²) in [6, 6.07) is 9.03. The van der Waals surface area contributed by atoms with Gasteiger partial charge < -0.3 is 5.32 Å². The highest BCUT2D eigenvalue weighted by atomic mass is 32.1. The molecule has 1 aliphatic rings. The van der Waals surface area contributed by atoms with Crippen LogP contribution in [-0.4, -0.2) is 11.5 Å². The topological polar surface area (TPSA) is 24.9 Å². The maximum Gasteiger partial charge on any atom is 0.124 e. The van der Waals surface area contributed by atoms with Crippen LogP contribution in [0.25, 0.3) is 10.6 Å². The number of fused-ring (bicyclic) bond motifs is 1. The summed E-state index contributed by atoms with van der Waals surface area (Å²) in [6.45, 7) is 5.47. The lowest BCUT2D eigenvalue weighted by molar-refractivity contribution is 0.454. The Balaban J connectivity index is 1.93. The third kappa shape index (κ3) is 2.65. The fourth-order valence-corrected chi connectivity index (χ4v) is 4.12. The normalized spacial score (nSPS) is 18.0. The summed E-state index contributed by atoms with van der Waals surface area (Å²) >= 11 is 1.89. The van der Waals surface area contributed by atoms with E-state index in [1.807, 2.05) is 11.3 Å². The molecular weight excluding hydrogens is 264 g/mol. The molecule has 0 saturated heterocycles.